The summed E-state index contributed by atoms with van der Waals surface area (Å²) >= 11 is 0. The lowest BCUT2D eigenvalue weighted by molar-refractivity contribution is -0.143. The molecule has 0 aliphatic carbocycles. The van der Waals surface area contributed by atoms with Crippen LogP contribution in [0.5, 0.6) is 0 Å². The summed E-state index contributed by atoms with van der Waals surface area (Å²) in [4.78, 5) is 38.0. The molecule has 2 amide bonds. The van der Waals surface area contributed by atoms with Crippen molar-refractivity contribution in [3.05, 3.63) is 35.9 Å². The number of benzene rings is 1. The number of amides is 2. The maximum absolute atomic E-state index is 12.2. The van der Waals surface area contributed by atoms with Crippen LogP contribution in [0.1, 0.15) is 32.3 Å². The third kappa shape index (κ3) is 5.45. The maximum Gasteiger partial charge on any atom is 0.323 e. The first-order valence-corrected chi connectivity index (χ1v) is 8.46. The lowest BCUT2D eigenvalue weighted by atomic mass is 10.1. The van der Waals surface area contributed by atoms with Crippen LogP contribution in [0.15, 0.2) is 30.3 Å². The summed E-state index contributed by atoms with van der Waals surface area (Å²) in [7, 11) is 0. The van der Waals surface area contributed by atoms with Gasteiger partial charge in [0.1, 0.15) is 6.54 Å². The standard InChI is InChI=1S/C19H24N2O4/c1-14(2)12-20(13-19(24)25)17(22)10-7-15-5-8-16(9-6-15)21-11-3-4-18(21)23/h5-10,14H,3-4,11-13H2,1-2H3,(H,24,25)/b10-7+. The number of hydrogen-bond donors (Lipinski definition) is 1. The molecule has 1 fully saturated rings. The summed E-state index contributed by atoms with van der Waals surface area (Å²) in [5.74, 6) is -1.03. The van der Waals surface area contributed by atoms with E-state index in [9.17, 15) is 14.4 Å². The van der Waals surface area contributed by atoms with E-state index in [1.165, 1.54) is 11.0 Å². The highest BCUT2D eigenvalue weighted by atomic mass is 16.4. The molecular weight excluding hydrogens is 320 g/mol. The molecule has 0 atom stereocenters. The lowest BCUT2D eigenvalue weighted by Crippen LogP contribution is -2.37. The van der Waals surface area contributed by atoms with Gasteiger partial charge in [-0.1, -0.05) is 26.0 Å². The largest absolute Gasteiger partial charge is 0.480 e. The Labute approximate surface area is 147 Å². The fraction of sp³-hybridized carbons (Fsp3) is 0.421. The zero-order chi connectivity index (χ0) is 18.4. The molecule has 0 bridgehead atoms. The van der Waals surface area contributed by atoms with Crippen molar-refractivity contribution in [1.29, 1.82) is 0 Å². The summed E-state index contributed by atoms with van der Waals surface area (Å²) < 4.78 is 0. The molecule has 0 radical (unpaired) electrons. The average molecular weight is 344 g/mol. The Hall–Kier alpha value is -2.63. The van der Waals surface area contributed by atoms with Crippen molar-refractivity contribution in [2.45, 2.75) is 26.7 Å². The van der Waals surface area contributed by atoms with Crippen molar-refractivity contribution in [2.24, 2.45) is 5.92 Å². The number of anilines is 1. The highest BCUT2D eigenvalue weighted by Gasteiger charge is 2.21. The number of rotatable bonds is 7. The first kappa shape index (κ1) is 18.7. The molecule has 0 aromatic heterocycles. The van der Waals surface area contributed by atoms with Gasteiger partial charge in [0, 0.05) is 31.3 Å². The minimum Gasteiger partial charge on any atom is -0.480 e. The summed E-state index contributed by atoms with van der Waals surface area (Å²) in [5.41, 5.74) is 1.68. The molecule has 1 N–H and O–H groups in total. The molecule has 1 aliphatic heterocycles. The van der Waals surface area contributed by atoms with Gasteiger partial charge in [0.2, 0.25) is 11.8 Å². The van der Waals surface area contributed by atoms with Gasteiger partial charge in [0.05, 0.1) is 0 Å². The number of carbonyl (C=O) groups is 3. The van der Waals surface area contributed by atoms with Crippen molar-refractivity contribution < 1.29 is 19.5 Å². The number of carboxylic acid groups (broad SMARTS) is 1. The Morgan fingerprint density at radius 2 is 1.96 bits per heavy atom. The highest BCUT2D eigenvalue weighted by molar-refractivity contribution is 5.96. The molecule has 0 spiro atoms. The van der Waals surface area contributed by atoms with Gasteiger partial charge < -0.3 is 14.9 Å². The Balaban J connectivity index is 2.02. The summed E-state index contributed by atoms with van der Waals surface area (Å²) in [5, 5.41) is 8.94. The predicted molar refractivity (Wildman–Crippen MR) is 96.1 cm³/mol. The quantitative estimate of drug-likeness (QED) is 0.771. The minimum absolute atomic E-state index is 0.136. The third-order valence-electron chi connectivity index (χ3n) is 3.92. The van der Waals surface area contributed by atoms with Crippen LogP contribution in [-0.2, 0) is 14.4 Å². The van der Waals surface area contributed by atoms with E-state index in [-0.39, 0.29) is 24.3 Å². The first-order chi connectivity index (χ1) is 11.9. The molecule has 1 saturated heterocycles. The highest BCUT2D eigenvalue weighted by Crippen LogP contribution is 2.21. The van der Waals surface area contributed by atoms with Gasteiger partial charge in [-0.25, -0.2) is 0 Å². The number of hydrogen-bond acceptors (Lipinski definition) is 3. The van der Waals surface area contributed by atoms with Crippen molar-refractivity contribution in [3.8, 4) is 0 Å². The van der Waals surface area contributed by atoms with Gasteiger partial charge >= 0.3 is 5.97 Å². The third-order valence-corrected chi connectivity index (χ3v) is 3.92. The Kier molecular flexibility index (Phi) is 6.33. The van der Waals surface area contributed by atoms with Gasteiger partial charge in [-0.05, 0) is 36.1 Å². The Morgan fingerprint density at radius 3 is 2.48 bits per heavy atom. The molecule has 2 rings (SSSR count). The molecule has 0 unspecified atom stereocenters. The van der Waals surface area contributed by atoms with Crippen molar-refractivity contribution in [2.75, 3.05) is 24.5 Å². The van der Waals surface area contributed by atoms with E-state index in [1.54, 1.807) is 11.0 Å². The molecule has 25 heavy (non-hydrogen) atoms. The molecule has 1 aliphatic rings. The van der Waals surface area contributed by atoms with Crippen molar-refractivity contribution >= 4 is 29.5 Å². The minimum atomic E-state index is -1.03. The van der Waals surface area contributed by atoms with E-state index in [4.69, 9.17) is 5.11 Å². The SMILES string of the molecule is CC(C)CN(CC(=O)O)C(=O)/C=C/c1ccc(N2CCCC2=O)cc1. The van der Waals surface area contributed by atoms with Gasteiger partial charge in [0.25, 0.3) is 0 Å². The van der Waals surface area contributed by atoms with Gasteiger partial charge in [-0.3, -0.25) is 14.4 Å². The number of carboxylic acids is 1. The van der Waals surface area contributed by atoms with Gasteiger partial charge in [-0.2, -0.15) is 0 Å². The van der Waals surface area contributed by atoms with Crippen LogP contribution in [-0.4, -0.2) is 47.4 Å². The molecule has 6 nitrogen and oxygen atoms in total. The smallest absolute Gasteiger partial charge is 0.323 e. The Morgan fingerprint density at radius 1 is 1.28 bits per heavy atom. The molecule has 134 valence electrons. The molecule has 6 heteroatoms. The molecule has 1 aromatic rings. The van der Waals surface area contributed by atoms with Crippen molar-refractivity contribution in [1.82, 2.24) is 4.90 Å². The molecule has 1 aromatic carbocycles. The van der Waals surface area contributed by atoms with Crippen molar-refractivity contribution in [3.63, 3.8) is 0 Å². The normalized spacial score (nSPS) is 14.5. The van der Waals surface area contributed by atoms with Crippen LogP contribution >= 0.6 is 0 Å². The second kappa shape index (κ2) is 8.46. The fourth-order valence-electron chi connectivity index (χ4n) is 2.80. The van der Waals surface area contributed by atoms with Crippen LogP contribution in [0.2, 0.25) is 0 Å². The second-order valence-electron chi connectivity index (χ2n) is 6.58. The molecule has 1 heterocycles. The maximum atomic E-state index is 12.2. The van der Waals surface area contributed by atoms with E-state index in [0.717, 1.165) is 24.2 Å². The van der Waals surface area contributed by atoms with Crippen LogP contribution in [0.25, 0.3) is 6.08 Å². The summed E-state index contributed by atoms with van der Waals surface area (Å²) in [6.45, 7) is 4.70. The van der Waals surface area contributed by atoms with Crippen LogP contribution in [0, 0.1) is 5.92 Å². The monoisotopic (exact) mass is 344 g/mol. The predicted octanol–water partition coefficient (Wildman–Crippen LogP) is 2.40. The summed E-state index contributed by atoms with van der Waals surface area (Å²) in [6, 6.07) is 7.40. The van der Waals surface area contributed by atoms with Crippen LogP contribution < -0.4 is 4.90 Å². The van der Waals surface area contributed by atoms with Crippen LogP contribution in [0.3, 0.4) is 0 Å². The second-order valence-corrected chi connectivity index (χ2v) is 6.58. The van der Waals surface area contributed by atoms with E-state index < -0.39 is 5.97 Å². The fourth-order valence-corrected chi connectivity index (χ4v) is 2.80. The summed E-state index contributed by atoms with van der Waals surface area (Å²) in [6.07, 6.45) is 4.52. The van der Waals surface area contributed by atoms with Crippen LogP contribution in [0.4, 0.5) is 5.69 Å². The number of aliphatic carboxylic acids is 1. The van der Waals surface area contributed by atoms with E-state index in [2.05, 4.69) is 0 Å². The Bertz CT molecular complexity index is 665. The van der Waals surface area contributed by atoms with E-state index >= 15 is 0 Å². The lowest BCUT2D eigenvalue weighted by Gasteiger charge is -2.21. The average Bonchev–Trinajstić information content (AvgIpc) is 2.97. The number of nitrogens with zero attached hydrogens (tertiary/aromatic N) is 2. The first-order valence-electron chi connectivity index (χ1n) is 8.46. The van der Waals surface area contributed by atoms with Gasteiger partial charge in [0.15, 0.2) is 0 Å². The number of carbonyl (C=O) groups excluding carboxylic acids is 2. The molecule has 0 saturated carbocycles. The molecular formula is C19H24N2O4. The van der Waals surface area contributed by atoms with Gasteiger partial charge in [-0.15, -0.1) is 0 Å². The topological polar surface area (TPSA) is 77.9 Å². The van der Waals surface area contributed by atoms with E-state index in [0.29, 0.717) is 13.0 Å². The van der Waals surface area contributed by atoms with E-state index in [1.807, 2.05) is 38.1 Å². The zero-order valence-corrected chi connectivity index (χ0v) is 14.6. The zero-order valence-electron chi connectivity index (χ0n) is 14.6.